The Morgan fingerprint density at radius 1 is 1.58 bits per heavy atom. The molecule has 2 aromatic heterocycles. The first-order chi connectivity index (χ1) is 5.79. The molecule has 0 saturated heterocycles. The number of thiophene rings is 1. The number of imidazole rings is 1. The number of rotatable bonds is 1. The van der Waals surface area contributed by atoms with Crippen molar-refractivity contribution in [1.29, 1.82) is 0 Å². The molecule has 2 heterocycles. The summed E-state index contributed by atoms with van der Waals surface area (Å²) in [5.74, 6) is 0. The van der Waals surface area contributed by atoms with Gasteiger partial charge in [0.25, 0.3) is 0 Å². The fraction of sp³-hybridized carbons (Fsp3) is 0. The third kappa shape index (κ3) is 1.09. The summed E-state index contributed by atoms with van der Waals surface area (Å²) in [6.07, 6.45) is 3.23. The third-order valence-electron chi connectivity index (χ3n) is 1.51. The molecule has 3 nitrogen and oxygen atoms in total. The average Bonchev–Trinajstić information content (AvgIpc) is 2.59. The second kappa shape index (κ2) is 2.80. The van der Waals surface area contributed by atoms with E-state index in [1.807, 2.05) is 11.4 Å². The van der Waals surface area contributed by atoms with Crippen molar-refractivity contribution in [3.05, 3.63) is 38.7 Å². The van der Waals surface area contributed by atoms with Gasteiger partial charge < -0.3 is 4.98 Å². The molecule has 2 aromatic rings. The van der Waals surface area contributed by atoms with E-state index in [1.165, 1.54) is 15.9 Å². The number of H-pyrrole nitrogens is 1. The Labute approximate surface area is 77.2 Å². The molecule has 12 heavy (non-hydrogen) atoms. The van der Waals surface area contributed by atoms with E-state index >= 15 is 0 Å². The van der Waals surface area contributed by atoms with Crippen LogP contribution in [-0.4, -0.2) is 9.55 Å². The summed E-state index contributed by atoms with van der Waals surface area (Å²) in [6.45, 7) is 0. The summed E-state index contributed by atoms with van der Waals surface area (Å²) >= 11 is 7.25. The maximum atomic E-state index is 11.1. The molecule has 0 amide bonds. The number of nitrogens with one attached hydrogen (secondary N) is 1. The largest absolute Gasteiger partial charge is 0.330 e. The average molecular weight is 201 g/mol. The Bertz CT molecular complexity index is 442. The number of aromatic nitrogens is 2. The van der Waals surface area contributed by atoms with Gasteiger partial charge >= 0.3 is 5.69 Å². The van der Waals surface area contributed by atoms with Gasteiger partial charge in [0.1, 0.15) is 4.34 Å². The van der Waals surface area contributed by atoms with Crippen molar-refractivity contribution < 1.29 is 0 Å². The summed E-state index contributed by atoms with van der Waals surface area (Å²) in [6, 6.07) is 1.81. The minimum absolute atomic E-state index is 0.171. The molecule has 0 aliphatic carbocycles. The highest BCUT2D eigenvalue weighted by molar-refractivity contribution is 7.14. The molecule has 0 aliphatic rings. The first kappa shape index (κ1) is 7.64. The Balaban J connectivity index is 2.65. The van der Waals surface area contributed by atoms with Gasteiger partial charge in [-0.2, -0.15) is 0 Å². The second-order valence-corrected chi connectivity index (χ2v) is 3.73. The molecule has 0 spiro atoms. The lowest BCUT2D eigenvalue weighted by molar-refractivity contribution is 0.993. The van der Waals surface area contributed by atoms with Gasteiger partial charge in [-0.25, -0.2) is 4.79 Å². The number of halogens is 1. The first-order valence-corrected chi connectivity index (χ1v) is 4.54. The van der Waals surface area contributed by atoms with Crippen molar-refractivity contribution in [3.63, 3.8) is 0 Å². The van der Waals surface area contributed by atoms with Crippen LogP contribution in [0.2, 0.25) is 4.34 Å². The van der Waals surface area contributed by atoms with E-state index in [2.05, 4.69) is 4.98 Å². The molecule has 0 atom stereocenters. The standard InChI is InChI=1S/C7H5ClN2OS/c8-6-5(1-4-12-6)10-3-2-9-7(10)11/h1-4H,(H,9,11). The van der Waals surface area contributed by atoms with Crippen LogP contribution in [0.1, 0.15) is 0 Å². The van der Waals surface area contributed by atoms with Gasteiger partial charge in [-0.3, -0.25) is 4.57 Å². The van der Waals surface area contributed by atoms with Gasteiger partial charge in [0.2, 0.25) is 0 Å². The lowest BCUT2D eigenvalue weighted by Gasteiger charge is -1.95. The van der Waals surface area contributed by atoms with Crippen molar-refractivity contribution in [1.82, 2.24) is 9.55 Å². The Morgan fingerprint density at radius 2 is 2.42 bits per heavy atom. The predicted molar refractivity (Wildman–Crippen MR) is 49.3 cm³/mol. The molecule has 0 radical (unpaired) electrons. The molecule has 5 heteroatoms. The summed E-state index contributed by atoms with van der Waals surface area (Å²) in [5.41, 5.74) is 0.559. The van der Waals surface area contributed by atoms with Crippen molar-refractivity contribution in [2.24, 2.45) is 0 Å². The van der Waals surface area contributed by atoms with E-state index < -0.39 is 0 Å². The molecular formula is C7H5ClN2OS. The zero-order valence-electron chi connectivity index (χ0n) is 5.95. The van der Waals surface area contributed by atoms with E-state index in [0.717, 1.165) is 5.69 Å². The van der Waals surface area contributed by atoms with Crippen LogP contribution in [0.15, 0.2) is 28.6 Å². The lowest BCUT2D eigenvalue weighted by Crippen LogP contribution is -2.13. The first-order valence-electron chi connectivity index (χ1n) is 3.28. The number of aromatic amines is 1. The maximum absolute atomic E-state index is 11.1. The minimum Gasteiger partial charge on any atom is -0.312 e. The highest BCUT2D eigenvalue weighted by Crippen LogP contribution is 2.24. The van der Waals surface area contributed by atoms with Gasteiger partial charge in [-0.05, 0) is 11.4 Å². The number of hydrogen-bond donors (Lipinski definition) is 1. The zero-order chi connectivity index (χ0) is 8.55. The van der Waals surface area contributed by atoms with E-state index in [4.69, 9.17) is 11.6 Å². The van der Waals surface area contributed by atoms with Crippen LogP contribution < -0.4 is 5.69 Å². The van der Waals surface area contributed by atoms with E-state index in [0.29, 0.717) is 4.34 Å². The van der Waals surface area contributed by atoms with Crippen LogP contribution in [0.3, 0.4) is 0 Å². The monoisotopic (exact) mass is 200 g/mol. The van der Waals surface area contributed by atoms with Crippen LogP contribution in [0.25, 0.3) is 5.69 Å². The topological polar surface area (TPSA) is 37.8 Å². The second-order valence-electron chi connectivity index (χ2n) is 2.21. The van der Waals surface area contributed by atoms with Crippen LogP contribution in [0, 0.1) is 0 Å². The normalized spacial score (nSPS) is 10.4. The molecular weight excluding hydrogens is 196 g/mol. The fourth-order valence-corrected chi connectivity index (χ4v) is 1.88. The SMILES string of the molecule is O=c1[nH]ccn1-c1ccsc1Cl. The quantitative estimate of drug-likeness (QED) is 0.750. The molecule has 0 saturated carbocycles. The summed E-state index contributed by atoms with van der Waals surface area (Å²) in [4.78, 5) is 13.7. The van der Waals surface area contributed by atoms with Crippen molar-refractivity contribution in [3.8, 4) is 5.69 Å². The van der Waals surface area contributed by atoms with Gasteiger partial charge in [-0.15, -0.1) is 11.3 Å². The number of nitrogens with zero attached hydrogens (tertiary/aromatic N) is 1. The molecule has 2 rings (SSSR count). The van der Waals surface area contributed by atoms with Crippen LogP contribution in [-0.2, 0) is 0 Å². The molecule has 0 aromatic carbocycles. The van der Waals surface area contributed by atoms with E-state index in [9.17, 15) is 4.79 Å². The van der Waals surface area contributed by atoms with Crippen molar-refractivity contribution >= 4 is 22.9 Å². The third-order valence-corrected chi connectivity index (χ3v) is 2.66. The van der Waals surface area contributed by atoms with Crippen LogP contribution >= 0.6 is 22.9 Å². The summed E-state index contributed by atoms with van der Waals surface area (Å²) in [5, 5.41) is 1.84. The van der Waals surface area contributed by atoms with Gasteiger partial charge in [-0.1, -0.05) is 11.6 Å². The molecule has 0 fully saturated rings. The Kier molecular flexibility index (Phi) is 1.78. The van der Waals surface area contributed by atoms with E-state index in [1.54, 1.807) is 12.4 Å². The number of hydrogen-bond acceptors (Lipinski definition) is 2. The smallest absolute Gasteiger partial charge is 0.312 e. The Hall–Kier alpha value is -1.00. The van der Waals surface area contributed by atoms with Gasteiger partial charge in [0.05, 0.1) is 5.69 Å². The minimum atomic E-state index is -0.171. The molecule has 0 unspecified atom stereocenters. The Morgan fingerprint density at radius 3 is 2.92 bits per heavy atom. The highest BCUT2D eigenvalue weighted by Gasteiger charge is 2.04. The van der Waals surface area contributed by atoms with Crippen LogP contribution in [0.5, 0.6) is 0 Å². The van der Waals surface area contributed by atoms with Gasteiger partial charge in [0, 0.05) is 12.4 Å². The predicted octanol–water partition coefficient (Wildman–Crippen LogP) is 1.88. The van der Waals surface area contributed by atoms with Crippen molar-refractivity contribution in [2.75, 3.05) is 0 Å². The molecule has 1 N–H and O–H groups in total. The van der Waals surface area contributed by atoms with Crippen molar-refractivity contribution in [2.45, 2.75) is 0 Å². The summed E-state index contributed by atoms with van der Waals surface area (Å²) < 4.78 is 2.09. The summed E-state index contributed by atoms with van der Waals surface area (Å²) in [7, 11) is 0. The molecule has 62 valence electrons. The molecule has 0 bridgehead atoms. The van der Waals surface area contributed by atoms with Crippen LogP contribution in [0.4, 0.5) is 0 Å². The lowest BCUT2D eigenvalue weighted by atomic mass is 10.5. The van der Waals surface area contributed by atoms with E-state index in [-0.39, 0.29) is 5.69 Å². The maximum Gasteiger partial charge on any atom is 0.330 e. The zero-order valence-corrected chi connectivity index (χ0v) is 7.52. The highest BCUT2D eigenvalue weighted by atomic mass is 35.5. The fourth-order valence-electron chi connectivity index (χ4n) is 0.969. The molecule has 0 aliphatic heterocycles. The van der Waals surface area contributed by atoms with Gasteiger partial charge in [0.15, 0.2) is 0 Å².